The Kier molecular flexibility index (Phi) is 5.45. The van der Waals surface area contributed by atoms with Gasteiger partial charge in [0.1, 0.15) is 12.4 Å². The summed E-state index contributed by atoms with van der Waals surface area (Å²) in [4.78, 5) is 0. The summed E-state index contributed by atoms with van der Waals surface area (Å²) < 4.78 is 54.9. The largest absolute Gasteiger partial charge is 0.488 e. The summed E-state index contributed by atoms with van der Waals surface area (Å²) in [5, 5.41) is 3.25. The first-order valence-corrected chi connectivity index (χ1v) is 7.06. The summed E-state index contributed by atoms with van der Waals surface area (Å²) in [7, 11) is 0. The van der Waals surface area contributed by atoms with Crippen molar-refractivity contribution in [3.63, 3.8) is 0 Å². The number of hydrogen-bond donors (Lipinski definition) is 1. The molecule has 1 saturated carbocycles. The minimum absolute atomic E-state index is 0.0644. The van der Waals surface area contributed by atoms with Gasteiger partial charge in [-0.1, -0.05) is 12.1 Å². The first-order chi connectivity index (χ1) is 9.94. The Bertz CT molecular complexity index is 426. The highest BCUT2D eigenvalue weighted by Crippen LogP contribution is 2.33. The fourth-order valence-corrected chi connectivity index (χ4v) is 2.37. The summed E-state index contributed by atoms with van der Waals surface area (Å²) in [6, 6.07) is 6.94. The zero-order valence-electron chi connectivity index (χ0n) is 11.6. The second-order valence-corrected chi connectivity index (χ2v) is 5.36. The van der Waals surface area contributed by atoms with E-state index in [9.17, 15) is 17.6 Å². The van der Waals surface area contributed by atoms with Crippen LogP contribution in [0.2, 0.25) is 0 Å². The van der Waals surface area contributed by atoms with Crippen molar-refractivity contribution in [2.75, 3.05) is 6.61 Å². The summed E-state index contributed by atoms with van der Waals surface area (Å²) in [5.41, 5.74) is 0.969. The van der Waals surface area contributed by atoms with Crippen molar-refractivity contribution in [2.24, 2.45) is 0 Å². The molecule has 1 fully saturated rings. The molecule has 1 aromatic rings. The van der Waals surface area contributed by atoms with Crippen molar-refractivity contribution in [1.82, 2.24) is 5.32 Å². The molecule has 0 atom stereocenters. The van der Waals surface area contributed by atoms with Gasteiger partial charge in [0, 0.05) is 25.4 Å². The van der Waals surface area contributed by atoms with E-state index in [1.54, 1.807) is 24.3 Å². The maximum absolute atomic E-state index is 13.0. The van der Waals surface area contributed by atoms with Crippen LogP contribution in [0.25, 0.3) is 0 Å². The van der Waals surface area contributed by atoms with Gasteiger partial charge in [0.2, 0.25) is 5.92 Å². The van der Waals surface area contributed by atoms with Crippen LogP contribution < -0.4 is 10.1 Å². The number of halogens is 4. The fraction of sp³-hybridized carbons (Fsp3) is 0.600. The maximum Gasteiger partial charge on any atom is 0.272 e. The zero-order valence-corrected chi connectivity index (χ0v) is 11.6. The van der Waals surface area contributed by atoms with Crippen molar-refractivity contribution in [3.05, 3.63) is 29.8 Å². The Balaban J connectivity index is 1.74. The molecule has 1 N–H and O–H groups in total. The number of ether oxygens (including phenoxy) is 1. The number of hydrogen-bond acceptors (Lipinski definition) is 2. The van der Waals surface area contributed by atoms with Gasteiger partial charge in [-0.05, 0) is 30.5 Å². The van der Waals surface area contributed by atoms with Gasteiger partial charge in [-0.15, -0.1) is 0 Å². The molecule has 0 bridgehead atoms. The predicted octanol–water partition coefficient (Wildman–Crippen LogP) is 4.00. The topological polar surface area (TPSA) is 21.3 Å². The average Bonchev–Trinajstić information content (AvgIpc) is 2.45. The third-order valence-corrected chi connectivity index (χ3v) is 3.61. The smallest absolute Gasteiger partial charge is 0.272 e. The van der Waals surface area contributed by atoms with Gasteiger partial charge in [0.15, 0.2) is 0 Å². The van der Waals surface area contributed by atoms with Gasteiger partial charge in [0.05, 0.1) is 0 Å². The van der Waals surface area contributed by atoms with Crippen LogP contribution in [0.1, 0.15) is 31.2 Å². The van der Waals surface area contributed by atoms with Gasteiger partial charge in [-0.25, -0.2) is 17.6 Å². The number of alkyl halides is 4. The maximum atomic E-state index is 13.0. The van der Waals surface area contributed by atoms with E-state index >= 15 is 0 Å². The Hall–Kier alpha value is -1.30. The van der Waals surface area contributed by atoms with E-state index in [1.807, 2.05) is 0 Å². The highest BCUT2D eigenvalue weighted by molar-refractivity contribution is 5.27. The Morgan fingerprint density at radius 1 is 1.14 bits per heavy atom. The summed E-state index contributed by atoms with van der Waals surface area (Å²) >= 11 is 0. The molecular weight excluding hydrogens is 286 g/mol. The van der Waals surface area contributed by atoms with Gasteiger partial charge in [-0.2, -0.15) is 0 Å². The van der Waals surface area contributed by atoms with Crippen molar-refractivity contribution < 1.29 is 22.3 Å². The van der Waals surface area contributed by atoms with Crippen LogP contribution in [0.5, 0.6) is 5.75 Å². The lowest BCUT2D eigenvalue weighted by Crippen LogP contribution is -2.36. The minimum Gasteiger partial charge on any atom is -0.488 e. The highest BCUT2D eigenvalue weighted by atomic mass is 19.3. The molecule has 1 aliphatic carbocycles. The van der Waals surface area contributed by atoms with E-state index in [1.165, 1.54) is 0 Å². The SMILES string of the molecule is FC(F)COc1ccc(CNC2CCC(F)(F)CC2)cc1. The van der Waals surface area contributed by atoms with Crippen molar-refractivity contribution >= 4 is 0 Å². The van der Waals surface area contributed by atoms with Crippen molar-refractivity contribution in [1.29, 1.82) is 0 Å². The molecule has 118 valence electrons. The van der Waals surface area contributed by atoms with Crippen LogP contribution >= 0.6 is 0 Å². The molecule has 1 aliphatic rings. The Labute approximate surface area is 121 Å². The van der Waals surface area contributed by atoms with E-state index in [0.717, 1.165) is 5.56 Å². The molecule has 0 heterocycles. The van der Waals surface area contributed by atoms with E-state index in [-0.39, 0.29) is 18.9 Å². The molecular formula is C15H19F4NO. The number of benzene rings is 1. The molecule has 0 aromatic heterocycles. The second kappa shape index (κ2) is 7.11. The molecule has 0 radical (unpaired) electrons. The lowest BCUT2D eigenvalue weighted by molar-refractivity contribution is -0.0405. The quantitative estimate of drug-likeness (QED) is 0.802. The Morgan fingerprint density at radius 2 is 1.76 bits per heavy atom. The number of nitrogens with one attached hydrogen (secondary N) is 1. The lowest BCUT2D eigenvalue weighted by atomic mass is 9.92. The molecule has 2 nitrogen and oxygen atoms in total. The minimum atomic E-state index is -2.51. The van der Waals surface area contributed by atoms with Crippen LogP contribution in [-0.4, -0.2) is 25.0 Å². The van der Waals surface area contributed by atoms with E-state index in [2.05, 4.69) is 5.32 Å². The van der Waals surface area contributed by atoms with Crippen molar-refractivity contribution in [2.45, 2.75) is 50.6 Å². The molecule has 0 spiro atoms. The summed E-state index contributed by atoms with van der Waals surface area (Å²) in [6.07, 6.45) is -1.67. The Morgan fingerprint density at radius 3 is 2.33 bits per heavy atom. The third kappa shape index (κ3) is 5.53. The molecule has 6 heteroatoms. The predicted molar refractivity (Wildman–Crippen MR) is 72.0 cm³/mol. The first kappa shape index (κ1) is 16.1. The normalized spacial score (nSPS) is 18.9. The average molecular weight is 305 g/mol. The molecule has 0 unspecified atom stereocenters. The standard InChI is InChI=1S/C15H19F4NO/c16-14(17)10-21-13-3-1-11(2-4-13)9-20-12-5-7-15(18,19)8-6-12/h1-4,12,14,20H,5-10H2. The molecule has 1 aromatic carbocycles. The van der Waals surface area contributed by atoms with Gasteiger partial charge in [-0.3, -0.25) is 0 Å². The highest BCUT2D eigenvalue weighted by Gasteiger charge is 2.34. The molecule has 0 saturated heterocycles. The third-order valence-electron chi connectivity index (χ3n) is 3.61. The zero-order chi connectivity index (χ0) is 15.3. The molecule has 2 rings (SSSR count). The van der Waals surface area contributed by atoms with Crippen LogP contribution in [0, 0.1) is 0 Å². The second-order valence-electron chi connectivity index (χ2n) is 5.36. The van der Waals surface area contributed by atoms with Crippen LogP contribution in [0.3, 0.4) is 0 Å². The molecule has 0 amide bonds. The van der Waals surface area contributed by atoms with Crippen LogP contribution in [0.15, 0.2) is 24.3 Å². The van der Waals surface area contributed by atoms with Gasteiger partial charge >= 0.3 is 0 Å². The van der Waals surface area contributed by atoms with Gasteiger partial charge < -0.3 is 10.1 Å². The fourth-order valence-electron chi connectivity index (χ4n) is 2.37. The lowest BCUT2D eigenvalue weighted by Gasteiger charge is -2.28. The first-order valence-electron chi connectivity index (χ1n) is 7.06. The van der Waals surface area contributed by atoms with E-state index < -0.39 is 19.0 Å². The molecule has 0 aliphatic heterocycles. The number of rotatable bonds is 6. The summed E-state index contributed by atoms with van der Waals surface area (Å²) in [5.74, 6) is -2.11. The van der Waals surface area contributed by atoms with Crippen molar-refractivity contribution in [3.8, 4) is 5.75 Å². The van der Waals surface area contributed by atoms with E-state index in [4.69, 9.17) is 4.74 Å². The van der Waals surface area contributed by atoms with Crippen LogP contribution in [0.4, 0.5) is 17.6 Å². The van der Waals surface area contributed by atoms with E-state index in [0.29, 0.717) is 25.1 Å². The summed E-state index contributed by atoms with van der Waals surface area (Å²) in [6.45, 7) is -0.0424. The van der Waals surface area contributed by atoms with Crippen LogP contribution in [-0.2, 0) is 6.54 Å². The molecule has 21 heavy (non-hydrogen) atoms. The van der Waals surface area contributed by atoms with Gasteiger partial charge in [0.25, 0.3) is 6.43 Å². The monoisotopic (exact) mass is 305 g/mol.